The van der Waals surface area contributed by atoms with E-state index in [0.717, 1.165) is 6.42 Å². The Labute approximate surface area is 131 Å². The number of benzene rings is 1. The molecular weight excluding hydrogens is 295 g/mol. The number of halogens is 2. The Kier molecular flexibility index (Phi) is 8.97. The number of amides is 1. The first-order chi connectivity index (χ1) is 9.43. The topological polar surface area (TPSA) is 64.4 Å². The molecule has 0 bridgehead atoms. The molecule has 1 aromatic carbocycles. The predicted molar refractivity (Wildman–Crippen MR) is 84.2 cm³/mol. The molecule has 0 aliphatic carbocycles. The SMILES string of the molecule is CCC(C)C(N)C(=O)NCC(C)Oc1ccc(F)cc1.Cl. The van der Waals surface area contributed by atoms with Crippen molar-refractivity contribution in [2.24, 2.45) is 11.7 Å². The summed E-state index contributed by atoms with van der Waals surface area (Å²) in [6.07, 6.45) is 0.643. The molecule has 3 atom stereocenters. The summed E-state index contributed by atoms with van der Waals surface area (Å²) in [5.74, 6) is 0.231. The van der Waals surface area contributed by atoms with Crippen molar-refractivity contribution >= 4 is 18.3 Å². The zero-order chi connectivity index (χ0) is 15.1. The van der Waals surface area contributed by atoms with Crippen molar-refractivity contribution in [3.63, 3.8) is 0 Å². The number of nitrogens with two attached hydrogens (primary N) is 1. The van der Waals surface area contributed by atoms with Crippen molar-refractivity contribution in [1.29, 1.82) is 0 Å². The van der Waals surface area contributed by atoms with Crippen molar-refractivity contribution in [2.75, 3.05) is 6.54 Å². The fraction of sp³-hybridized carbons (Fsp3) is 0.533. The molecule has 120 valence electrons. The first-order valence-corrected chi connectivity index (χ1v) is 6.89. The maximum Gasteiger partial charge on any atom is 0.237 e. The summed E-state index contributed by atoms with van der Waals surface area (Å²) in [5.41, 5.74) is 5.83. The minimum absolute atomic E-state index is 0. The van der Waals surface area contributed by atoms with Crippen molar-refractivity contribution in [2.45, 2.75) is 39.3 Å². The van der Waals surface area contributed by atoms with Gasteiger partial charge in [-0.1, -0.05) is 20.3 Å². The van der Waals surface area contributed by atoms with E-state index in [0.29, 0.717) is 12.3 Å². The summed E-state index contributed by atoms with van der Waals surface area (Å²) in [5, 5.41) is 2.77. The number of rotatable bonds is 7. The van der Waals surface area contributed by atoms with Crippen LogP contribution in [0.25, 0.3) is 0 Å². The number of hydrogen-bond donors (Lipinski definition) is 2. The molecular formula is C15H24ClFN2O2. The van der Waals surface area contributed by atoms with Gasteiger partial charge in [-0.05, 0) is 37.1 Å². The molecule has 0 aliphatic heterocycles. The summed E-state index contributed by atoms with van der Waals surface area (Å²) in [4.78, 5) is 11.8. The Morgan fingerprint density at radius 1 is 1.33 bits per heavy atom. The zero-order valence-electron chi connectivity index (χ0n) is 12.6. The first kappa shape index (κ1) is 19.7. The lowest BCUT2D eigenvalue weighted by molar-refractivity contribution is -0.123. The van der Waals surface area contributed by atoms with E-state index in [4.69, 9.17) is 10.5 Å². The van der Waals surface area contributed by atoms with Gasteiger partial charge in [-0.15, -0.1) is 12.4 Å². The first-order valence-electron chi connectivity index (χ1n) is 6.89. The Morgan fingerprint density at radius 3 is 2.43 bits per heavy atom. The van der Waals surface area contributed by atoms with Gasteiger partial charge in [0.2, 0.25) is 5.91 Å². The van der Waals surface area contributed by atoms with Gasteiger partial charge in [0, 0.05) is 0 Å². The van der Waals surface area contributed by atoms with Crippen molar-refractivity contribution in [3.8, 4) is 5.75 Å². The molecule has 3 unspecified atom stereocenters. The second-order valence-electron chi connectivity index (χ2n) is 5.04. The maximum atomic E-state index is 12.7. The molecule has 0 heterocycles. The minimum atomic E-state index is -0.502. The van der Waals surface area contributed by atoms with E-state index >= 15 is 0 Å². The number of carbonyl (C=O) groups is 1. The third-order valence-electron chi connectivity index (χ3n) is 3.27. The Balaban J connectivity index is 0.00000400. The van der Waals surface area contributed by atoms with Crippen LogP contribution >= 0.6 is 12.4 Å². The van der Waals surface area contributed by atoms with Crippen LogP contribution in [0, 0.1) is 11.7 Å². The average molecular weight is 319 g/mol. The van der Waals surface area contributed by atoms with Gasteiger partial charge in [0.05, 0.1) is 12.6 Å². The third-order valence-corrected chi connectivity index (χ3v) is 3.27. The van der Waals surface area contributed by atoms with Crippen LogP contribution in [0.3, 0.4) is 0 Å². The molecule has 1 rings (SSSR count). The van der Waals surface area contributed by atoms with Crippen LogP contribution < -0.4 is 15.8 Å². The minimum Gasteiger partial charge on any atom is -0.489 e. The molecule has 1 amide bonds. The molecule has 0 radical (unpaired) electrons. The molecule has 0 saturated carbocycles. The summed E-state index contributed by atoms with van der Waals surface area (Å²) in [6.45, 7) is 6.14. The van der Waals surface area contributed by atoms with Gasteiger partial charge >= 0.3 is 0 Å². The molecule has 0 aromatic heterocycles. The van der Waals surface area contributed by atoms with E-state index in [2.05, 4.69) is 5.32 Å². The van der Waals surface area contributed by atoms with Gasteiger partial charge < -0.3 is 15.8 Å². The largest absolute Gasteiger partial charge is 0.489 e. The van der Waals surface area contributed by atoms with Crippen LogP contribution in [-0.2, 0) is 4.79 Å². The lowest BCUT2D eigenvalue weighted by Crippen LogP contribution is -2.47. The number of hydrogen-bond acceptors (Lipinski definition) is 3. The van der Waals surface area contributed by atoms with E-state index < -0.39 is 6.04 Å². The van der Waals surface area contributed by atoms with Crippen LogP contribution in [-0.4, -0.2) is 24.6 Å². The fourth-order valence-corrected chi connectivity index (χ4v) is 1.66. The number of carbonyl (C=O) groups excluding carboxylic acids is 1. The lowest BCUT2D eigenvalue weighted by atomic mass is 9.99. The van der Waals surface area contributed by atoms with Crippen LogP contribution in [0.1, 0.15) is 27.2 Å². The maximum absolute atomic E-state index is 12.7. The number of nitrogens with one attached hydrogen (secondary N) is 1. The van der Waals surface area contributed by atoms with Gasteiger partial charge in [-0.2, -0.15) is 0 Å². The van der Waals surface area contributed by atoms with E-state index in [9.17, 15) is 9.18 Å². The Bertz CT molecular complexity index is 428. The Hall–Kier alpha value is -1.33. The van der Waals surface area contributed by atoms with Gasteiger partial charge in [0.15, 0.2) is 0 Å². The van der Waals surface area contributed by atoms with Crippen LogP contribution in [0.2, 0.25) is 0 Å². The highest BCUT2D eigenvalue weighted by Crippen LogP contribution is 2.12. The highest BCUT2D eigenvalue weighted by atomic mass is 35.5. The Morgan fingerprint density at radius 2 is 1.90 bits per heavy atom. The highest BCUT2D eigenvalue weighted by Gasteiger charge is 2.19. The van der Waals surface area contributed by atoms with E-state index in [1.165, 1.54) is 12.1 Å². The second kappa shape index (κ2) is 9.58. The fourth-order valence-electron chi connectivity index (χ4n) is 1.66. The molecule has 0 fully saturated rings. The van der Waals surface area contributed by atoms with Crippen molar-refractivity contribution in [1.82, 2.24) is 5.32 Å². The molecule has 4 nitrogen and oxygen atoms in total. The van der Waals surface area contributed by atoms with Crippen molar-refractivity contribution < 1.29 is 13.9 Å². The summed E-state index contributed by atoms with van der Waals surface area (Å²) >= 11 is 0. The average Bonchev–Trinajstić information content (AvgIpc) is 2.45. The third kappa shape index (κ3) is 6.78. The predicted octanol–water partition coefficient (Wildman–Crippen LogP) is 2.50. The monoisotopic (exact) mass is 318 g/mol. The molecule has 21 heavy (non-hydrogen) atoms. The van der Waals surface area contributed by atoms with Gasteiger partial charge in [0.25, 0.3) is 0 Å². The van der Waals surface area contributed by atoms with E-state index in [-0.39, 0.29) is 36.2 Å². The molecule has 3 N–H and O–H groups in total. The molecule has 6 heteroatoms. The van der Waals surface area contributed by atoms with E-state index in [1.807, 2.05) is 20.8 Å². The van der Waals surface area contributed by atoms with Crippen LogP contribution in [0.5, 0.6) is 5.75 Å². The van der Waals surface area contributed by atoms with Gasteiger partial charge in [-0.3, -0.25) is 4.79 Å². The quantitative estimate of drug-likeness (QED) is 0.812. The standard InChI is InChI=1S/C15H23FN2O2.ClH/c1-4-10(2)14(17)15(19)18-9-11(3)20-13-7-5-12(16)6-8-13;/h5-8,10-11,14H,4,9,17H2,1-3H3,(H,18,19);1H. The smallest absolute Gasteiger partial charge is 0.237 e. The van der Waals surface area contributed by atoms with E-state index in [1.54, 1.807) is 12.1 Å². The van der Waals surface area contributed by atoms with Crippen LogP contribution in [0.15, 0.2) is 24.3 Å². The molecule has 1 aromatic rings. The van der Waals surface area contributed by atoms with Crippen LogP contribution in [0.4, 0.5) is 4.39 Å². The zero-order valence-corrected chi connectivity index (χ0v) is 13.5. The van der Waals surface area contributed by atoms with Gasteiger partial charge in [0.1, 0.15) is 17.7 Å². The number of ether oxygens (including phenoxy) is 1. The van der Waals surface area contributed by atoms with Gasteiger partial charge in [-0.25, -0.2) is 4.39 Å². The summed E-state index contributed by atoms with van der Waals surface area (Å²) in [6, 6.07) is 5.27. The van der Waals surface area contributed by atoms with Crippen molar-refractivity contribution in [3.05, 3.63) is 30.1 Å². The highest BCUT2D eigenvalue weighted by molar-refractivity contribution is 5.85. The normalized spacial score (nSPS) is 14.5. The summed E-state index contributed by atoms with van der Waals surface area (Å²) < 4.78 is 18.3. The molecule has 0 saturated heterocycles. The molecule has 0 spiro atoms. The molecule has 0 aliphatic rings. The lowest BCUT2D eigenvalue weighted by Gasteiger charge is -2.20. The summed E-state index contributed by atoms with van der Waals surface area (Å²) in [7, 11) is 0. The second-order valence-corrected chi connectivity index (χ2v) is 5.04.